The number of likely N-dealkylation sites (tertiary alicyclic amines) is 1. The van der Waals surface area contributed by atoms with Gasteiger partial charge in [-0.2, -0.15) is 0 Å². The van der Waals surface area contributed by atoms with Crippen LogP contribution in [0.5, 0.6) is 0 Å². The van der Waals surface area contributed by atoms with Crippen molar-refractivity contribution in [2.75, 3.05) is 19.7 Å². The molecule has 3 aromatic carbocycles. The average Bonchev–Trinajstić information content (AvgIpc) is 3.29. The van der Waals surface area contributed by atoms with Gasteiger partial charge in [0.05, 0.1) is 11.0 Å². The van der Waals surface area contributed by atoms with E-state index in [0.29, 0.717) is 25.6 Å². The van der Waals surface area contributed by atoms with Gasteiger partial charge in [0.2, 0.25) is 0 Å². The number of benzene rings is 3. The van der Waals surface area contributed by atoms with Gasteiger partial charge in [0, 0.05) is 38.3 Å². The van der Waals surface area contributed by atoms with E-state index in [1.54, 1.807) is 4.90 Å². The van der Waals surface area contributed by atoms with Gasteiger partial charge in [0.25, 0.3) is 0 Å². The highest BCUT2D eigenvalue weighted by atomic mass is 16.6. The standard InChI is InChI=1S/C32H38N4O3/c1-24(2)30(35(21-25-11-5-3-6-12-25)22-26-13-7-4-8-14-26)23-39-32(38)34-19-17-27(18-20-34)36-29-16-10-9-15-28(29)33-31(36)37/h3-16,24,27,30H,17-23H2,1-2H3,(H,33,37). The van der Waals surface area contributed by atoms with E-state index < -0.39 is 0 Å². The first-order chi connectivity index (χ1) is 19.0. The van der Waals surface area contributed by atoms with Crippen LogP contribution in [-0.2, 0) is 17.8 Å². The molecule has 1 N–H and O–H groups in total. The van der Waals surface area contributed by atoms with Crippen LogP contribution in [-0.4, -0.2) is 51.2 Å². The minimum atomic E-state index is -0.273. The molecule has 5 rings (SSSR count). The lowest BCUT2D eigenvalue weighted by Crippen LogP contribution is -2.45. The zero-order chi connectivity index (χ0) is 27.2. The van der Waals surface area contributed by atoms with Gasteiger partial charge in [-0.05, 0) is 42.0 Å². The van der Waals surface area contributed by atoms with Crippen molar-refractivity contribution in [1.29, 1.82) is 0 Å². The van der Waals surface area contributed by atoms with Crippen LogP contribution in [0.2, 0.25) is 0 Å². The van der Waals surface area contributed by atoms with Crippen LogP contribution in [0.3, 0.4) is 0 Å². The van der Waals surface area contributed by atoms with Crippen molar-refractivity contribution in [3.8, 4) is 0 Å². The molecule has 1 aliphatic rings. The molecule has 0 spiro atoms. The molecular weight excluding hydrogens is 488 g/mol. The van der Waals surface area contributed by atoms with Gasteiger partial charge in [-0.25, -0.2) is 9.59 Å². The number of aromatic amines is 1. The first-order valence-corrected chi connectivity index (χ1v) is 13.9. The highest BCUT2D eigenvalue weighted by Gasteiger charge is 2.29. The summed E-state index contributed by atoms with van der Waals surface area (Å²) in [5.74, 6) is 0.296. The summed E-state index contributed by atoms with van der Waals surface area (Å²) in [6.45, 7) is 7.40. The summed E-state index contributed by atoms with van der Waals surface area (Å²) >= 11 is 0. The van der Waals surface area contributed by atoms with Gasteiger partial charge in [0.1, 0.15) is 6.61 Å². The van der Waals surface area contributed by atoms with Crippen molar-refractivity contribution in [3.05, 3.63) is 107 Å². The topological polar surface area (TPSA) is 70.6 Å². The molecular formula is C32H38N4O3. The number of carbonyl (C=O) groups is 1. The van der Waals surface area contributed by atoms with E-state index in [4.69, 9.17) is 4.74 Å². The first-order valence-electron chi connectivity index (χ1n) is 13.9. The van der Waals surface area contributed by atoms with E-state index in [2.05, 4.69) is 72.3 Å². The van der Waals surface area contributed by atoms with Gasteiger partial charge in [0.15, 0.2) is 0 Å². The third-order valence-corrected chi connectivity index (χ3v) is 7.78. The monoisotopic (exact) mass is 526 g/mol. The Balaban J connectivity index is 1.22. The predicted molar refractivity (Wildman–Crippen MR) is 155 cm³/mol. The molecule has 0 radical (unpaired) electrons. The fraction of sp³-hybridized carbons (Fsp3) is 0.375. The number of imidazole rings is 1. The molecule has 0 saturated carbocycles. The number of nitrogens with one attached hydrogen (secondary N) is 1. The molecule has 1 saturated heterocycles. The van der Waals surface area contributed by atoms with E-state index >= 15 is 0 Å². The molecule has 1 aromatic heterocycles. The van der Waals surface area contributed by atoms with Gasteiger partial charge >= 0.3 is 11.8 Å². The van der Waals surface area contributed by atoms with Crippen LogP contribution < -0.4 is 5.69 Å². The second kappa shape index (κ2) is 12.3. The summed E-state index contributed by atoms with van der Waals surface area (Å²) in [4.78, 5) is 32.9. The number of aromatic nitrogens is 2. The van der Waals surface area contributed by atoms with E-state index in [0.717, 1.165) is 37.0 Å². The lowest BCUT2D eigenvalue weighted by atomic mass is 10.0. The van der Waals surface area contributed by atoms with Crippen LogP contribution in [0.15, 0.2) is 89.7 Å². The summed E-state index contributed by atoms with van der Waals surface area (Å²) in [5.41, 5.74) is 4.15. The average molecular weight is 527 g/mol. The van der Waals surface area contributed by atoms with Gasteiger partial charge in [-0.3, -0.25) is 9.47 Å². The number of nitrogens with zero attached hydrogens (tertiary/aromatic N) is 3. The lowest BCUT2D eigenvalue weighted by Gasteiger charge is -2.36. The molecule has 39 heavy (non-hydrogen) atoms. The van der Waals surface area contributed by atoms with E-state index in [1.165, 1.54) is 11.1 Å². The first kappa shape index (κ1) is 26.8. The summed E-state index contributed by atoms with van der Waals surface area (Å²) in [6.07, 6.45) is 1.17. The molecule has 1 unspecified atom stereocenters. The van der Waals surface area contributed by atoms with Crippen molar-refractivity contribution in [3.63, 3.8) is 0 Å². The summed E-state index contributed by atoms with van der Waals surface area (Å²) in [7, 11) is 0. The number of ether oxygens (including phenoxy) is 1. The smallest absolute Gasteiger partial charge is 0.409 e. The number of hydrogen-bond acceptors (Lipinski definition) is 4. The van der Waals surface area contributed by atoms with Gasteiger partial charge < -0.3 is 14.6 Å². The fourth-order valence-electron chi connectivity index (χ4n) is 5.64. The minimum absolute atomic E-state index is 0.0633. The predicted octanol–water partition coefficient (Wildman–Crippen LogP) is 5.83. The Morgan fingerprint density at radius 1 is 0.897 bits per heavy atom. The molecule has 2 heterocycles. The largest absolute Gasteiger partial charge is 0.448 e. The number of rotatable bonds is 9. The third kappa shape index (κ3) is 6.42. The zero-order valence-corrected chi connectivity index (χ0v) is 22.8. The van der Waals surface area contributed by atoms with E-state index in [9.17, 15) is 9.59 Å². The molecule has 0 aliphatic carbocycles. The van der Waals surface area contributed by atoms with Crippen LogP contribution in [0.25, 0.3) is 11.0 Å². The molecule has 1 atom stereocenters. The SMILES string of the molecule is CC(C)C(COC(=O)N1CCC(n2c(=O)[nH]c3ccccc32)CC1)N(Cc1ccccc1)Cc1ccccc1. The Bertz CT molecular complexity index is 1360. The maximum absolute atomic E-state index is 13.1. The van der Waals surface area contributed by atoms with Gasteiger partial charge in [-0.15, -0.1) is 0 Å². The Labute approximate surface area is 230 Å². The Hall–Kier alpha value is -3.84. The maximum atomic E-state index is 13.1. The molecule has 1 amide bonds. The van der Waals surface area contributed by atoms with Crippen molar-refractivity contribution in [1.82, 2.24) is 19.4 Å². The number of amides is 1. The second-order valence-corrected chi connectivity index (χ2v) is 10.8. The molecule has 7 heteroatoms. The third-order valence-electron chi connectivity index (χ3n) is 7.78. The second-order valence-electron chi connectivity index (χ2n) is 10.8. The van der Waals surface area contributed by atoms with Crippen molar-refractivity contribution in [2.45, 2.75) is 51.9 Å². The van der Waals surface area contributed by atoms with Crippen LogP contribution >= 0.6 is 0 Å². The molecule has 7 nitrogen and oxygen atoms in total. The lowest BCUT2D eigenvalue weighted by molar-refractivity contribution is 0.0371. The summed E-state index contributed by atoms with van der Waals surface area (Å²) in [6, 6.07) is 28.8. The number of H-pyrrole nitrogens is 1. The molecule has 1 aliphatic heterocycles. The summed E-state index contributed by atoms with van der Waals surface area (Å²) < 4.78 is 7.80. The van der Waals surface area contributed by atoms with E-state index in [-0.39, 0.29) is 23.9 Å². The number of fused-ring (bicyclic) bond motifs is 1. The van der Waals surface area contributed by atoms with Gasteiger partial charge in [-0.1, -0.05) is 86.6 Å². The van der Waals surface area contributed by atoms with Crippen LogP contribution in [0.4, 0.5) is 4.79 Å². The van der Waals surface area contributed by atoms with Crippen molar-refractivity contribution in [2.24, 2.45) is 5.92 Å². The molecule has 1 fully saturated rings. The van der Waals surface area contributed by atoms with Crippen molar-refractivity contribution < 1.29 is 9.53 Å². The number of carbonyl (C=O) groups excluding carboxylic acids is 1. The minimum Gasteiger partial charge on any atom is -0.448 e. The Morgan fingerprint density at radius 3 is 2.05 bits per heavy atom. The quantitative estimate of drug-likeness (QED) is 0.298. The van der Waals surface area contributed by atoms with Crippen molar-refractivity contribution >= 4 is 17.1 Å². The van der Waals surface area contributed by atoms with E-state index in [1.807, 2.05) is 41.0 Å². The molecule has 4 aromatic rings. The molecule has 0 bridgehead atoms. The normalized spacial score (nSPS) is 15.2. The van der Waals surface area contributed by atoms with Crippen LogP contribution in [0.1, 0.15) is 43.9 Å². The highest BCUT2D eigenvalue weighted by Crippen LogP contribution is 2.26. The number of para-hydroxylation sites is 2. The zero-order valence-electron chi connectivity index (χ0n) is 22.8. The maximum Gasteiger partial charge on any atom is 0.409 e. The summed E-state index contributed by atoms with van der Waals surface area (Å²) in [5, 5.41) is 0. The number of hydrogen-bond donors (Lipinski definition) is 1. The molecule has 204 valence electrons. The Morgan fingerprint density at radius 2 is 1.46 bits per heavy atom. The van der Waals surface area contributed by atoms with Crippen LogP contribution in [0, 0.1) is 5.92 Å². The Kier molecular flexibility index (Phi) is 8.47. The number of piperidine rings is 1. The highest BCUT2D eigenvalue weighted by molar-refractivity contribution is 5.75. The fourth-order valence-corrected chi connectivity index (χ4v) is 5.64.